The van der Waals surface area contributed by atoms with Crippen LogP contribution in [0.1, 0.15) is 79.3 Å². The monoisotopic (exact) mass is 571 g/mol. The first kappa shape index (κ1) is 27.6. The fourth-order valence-electron chi connectivity index (χ4n) is 7.83. The molecule has 9 heteroatoms. The van der Waals surface area contributed by atoms with Gasteiger partial charge in [0.15, 0.2) is 6.29 Å². The number of benzene rings is 2. The van der Waals surface area contributed by atoms with Gasteiger partial charge in [0, 0.05) is 30.6 Å². The minimum atomic E-state index is -0.379. The molecule has 0 saturated carbocycles. The van der Waals surface area contributed by atoms with Gasteiger partial charge in [-0.1, -0.05) is 60.7 Å². The third-order valence-electron chi connectivity index (χ3n) is 9.87. The first-order valence-electron chi connectivity index (χ1n) is 15.6. The van der Waals surface area contributed by atoms with E-state index < -0.39 is 0 Å². The van der Waals surface area contributed by atoms with E-state index in [1.165, 1.54) is 12.8 Å². The van der Waals surface area contributed by atoms with E-state index in [1.54, 1.807) is 0 Å². The molecule has 9 nitrogen and oxygen atoms in total. The number of ether oxygens (including phenoxy) is 3. The third-order valence-corrected chi connectivity index (χ3v) is 9.87. The van der Waals surface area contributed by atoms with Crippen LogP contribution in [0.3, 0.4) is 0 Å². The fourth-order valence-corrected chi connectivity index (χ4v) is 7.83. The van der Waals surface area contributed by atoms with Crippen LogP contribution in [0.25, 0.3) is 0 Å². The summed E-state index contributed by atoms with van der Waals surface area (Å²) in [4.78, 5) is 15.5. The Kier molecular flexibility index (Phi) is 7.97. The molecule has 5 heterocycles. The average molecular weight is 572 g/mol. The largest absolute Gasteiger partial charge is 0.445 e. The molecule has 4 aliphatic rings. The Bertz CT molecular complexity index is 1340. The lowest BCUT2D eigenvalue weighted by molar-refractivity contribution is -0.0905. The van der Waals surface area contributed by atoms with Gasteiger partial charge in [-0.3, -0.25) is 4.90 Å². The zero-order chi connectivity index (χ0) is 28.5. The predicted molar refractivity (Wildman–Crippen MR) is 157 cm³/mol. The van der Waals surface area contributed by atoms with E-state index in [-0.39, 0.29) is 30.9 Å². The quantitative estimate of drug-likeness (QED) is 0.373. The van der Waals surface area contributed by atoms with Crippen molar-refractivity contribution in [3.63, 3.8) is 0 Å². The van der Waals surface area contributed by atoms with Gasteiger partial charge in [-0.25, -0.2) is 4.79 Å². The predicted octanol–water partition coefficient (Wildman–Crippen LogP) is 5.29. The molecule has 1 amide bonds. The average Bonchev–Trinajstić information content (AvgIpc) is 3.78. The number of hydrogen-bond acceptors (Lipinski definition) is 7. The maximum Gasteiger partial charge on any atom is 0.407 e. The zero-order valence-electron chi connectivity index (χ0n) is 24.3. The summed E-state index contributed by atoms with van der Waals surface area (Å²) >= 11 is 0. The van der Waals surface area contributed by atoms with E-state index in [0.717, 1.165) is 61.6 Å². The molecule has 0 aliphatic carbocycles. The zero-order valence-corrected chi connectivity index (χ0v) is 24.3. The van der Waals surface area contributed by atoms with Crippen molar-refractivity contribution in [2.75, 3.05) is 19.8 Å². The summed E-state index contributed by atoms with van der Waals surface area (Å²) in [6.45, 7) is 4.73. The minimum Gasteiger partial charge on any atom is -0.445 e. The Morgan fingerprint density at radius 2 is 1.71 bits per heavy atom. The van der Waals surface area contributed by atoms with Gasteiger partial charge in [0.2, 0.25) is 0 Å². The standard InChI is InChI=1S/C33H41N5O4/c1-22-35-36-31(29-21-41-32-28(29)15-17-40-32)38(22)27-18-25-12-13-26(19-27)37(25)16-14-30(24-10-6-3-7-11-24)34-33(39)42-20-23-8-4-2-5-9-23/h2-11,25-30,32H,12-21H2,1H3,(H,34,39). The molecular formula is C33H41N5O4. The molecule has 3 aromatic rings. The van der Waals surface area contributed by atoms with Gasteiger partial charge >= 0.3 is 6.09 Å². The van der Waals surface area contributed by atoms with E-state index in [2.05, 4.69) is 44.0 Å². The fraction of sp³-hybridized carbons (Fsp3) is 0.545. The molecular weight excluding hydrogens is 530 g/mol. The summed E-state index contributed by atoms with van der Waals surface area (Å²) in [5.41, 5.74) is 2.08. The van der Waals surface area contributed by atoms with Crippen molar-refractivity contribution in [3.05, 3.63) is 83.4 Å². The van der Waals surface area contributed by atoms with Crippen LogP contribution in [0.4, 0.5) is 4.79 Å². The Labute approximate surface area is 247 Å². The van der Waals surface area contributed by atoms with Gasteiger partial charge in [-0.15, -0.1) is 10.2 Å². The van der Waals surface area contributed by atoms with Crippen LogP contribution in [0.5, 0.6) is 0 Å². The molecule has 0 spiro atoms. The molecule has 1 aromatic heterocycles. The van der Waals surface area contributed by atoms with Crippen molar-refractivity contribution in [3.8, 4) is 0 Å². The van der Waals surface area contributed by atoms with Crippen LogP contribution in [0.2, 0.25) is 0 Å². The number of carbonyl (C=O) groups excluding carboxylic acids is 1. The number of aromatic nitrogens is 3. The summed E-state index contributed by atoms with van der Waals surface area (Å²) < 4.78 is 19.8. The number of piperidine rings is 1. The lowest BCUT2D eigenvalue weighted by Gasteiger charge is -2.40. The minimum absolute atomic E-state index is 0.0831. The van der Waals surface area contributed by atoms with Crippen LogP contribution >= 0.6 is 0 Å². The van der Waals surface area contributed by atoms with Crippen LogP contribution < -0.4 is 5.32 Å². The highest BCUT2D eigenvalue weighted by molar-refractivity contribution is 5.68. The molecule has 4 fully saturated rings. The molecule has 4 aliphatic heterocycles. The second-order valence-electron chi connectivity index (χ2n) is 12.3. The molecule has 1 N–H and O–H groups in total. The molecule has 0 radical (unpaired) electrons. The lowest BCUT2D eigenvalue weighted by Crippen LogP contribution is -2.45. The van der Waals surface area contributed by atoms with Gasteiger partial charge in [0.1, 0.15) is 18.3 Å². The van der Waals surface area contributed by atoms with E-state index in [4.69, 9.17) is 14.2 Å². The summed E-state index contributed by atoms with van der Waals surface area (Å²) in [7, 11) is 0. The van der Waals surface area contributed by atoms with E-state index in [9.17, 15) is 4.79 Å². The van der Waals surface area contributed by atoms with Crippen molar-refractivity contribution in [2.24, 2.45) is 5.92 Å². The highest BCUT2D eigenvalue weighted by atomic mass is 16.7. The van der Waals surface area contributed by atoms with Crippen molar-refractivity contribution in [1.82, 2.24) is 25.0 Å². The van der Waals surface area contributed by atoms with Crippen LogP contribution in [-0.2, 0) is 20.8 Å². The van der Waals surface area contributed by atoms with E-state index in [0.29, 0.717) is 30.7 Å². The summed E-state index contributed by atoms with van der Waals surface area (Å²) in [6, 6.07) is 21.4. The molecule has 42 heavy (non-hydrogen) atoms. The number of amides is 1. The number of nitrogens with one attached hydrogen (secondary N) is 1. The molecule has 4 saturated heterocycles. The van der Waals surface area contributed by atoms with Crippen molar-refractivity contribution in [1.29, 1.82) is 0 Å². The second-order valence-corrected chi connectivity index (χ2v) is 12.3. The number of hydrogen-bond donors (Lipinski definition) is 1. The van der Waals surface area contributed by atoms with Gasteiger partial charge in [-0.05, 0) is 56.6 Å². The van der Waals surface area contributed by atoms with Gasteiger partial charge in [-0.2, -0.15) is 0 Å². The van der Waals surface area contributed by atoms with Gasteiger partial charge < -0.3 is 24.1 Å². The Morgan fingerprint density at radius 1 is 0.976 bits per heavy atom. The smallest absolute Gasteiger partial charge is 0.407 e. The Balaban J connectivity index is 1.00. The molecule has 2 aromatic carbocycles. The summed E-state index contributed by atoms with van der Waals surface area (Å²) in [5.74, 6) is 2.73. The number of nitrogens with zero attached hydrogens (tertiary/aromatic N) is 4. The van der Waals surface area contributed by atoms with Crippen molar-refractivity contribution in [2.45, 2.75) is 88.4 Å². The number of rotatable bonds is 9. The Hall–Kier alpha value is -3.27. The van der Waals surface area contributed by atoms with Gasteiger partial charge in [0.25, 0.3) is 0 Å². The van der Waals surface area contributed by atoms with Crippen LogP contribution in [0, 0.1) is 12.8 Å². The molecule has 2 bridgehead atoms. The number of fused-ring (bicyclic) bond motifs is 3. The maximum absolute atomic E-state index is 12.8. The van der Waals surface area contributed by atoms with Crippen molar-refractivity contribution < 1.29 is 19.0 Å². The van der Waals surface area contributed by atoms with Gasteiger partial charge in [0.05, 0.1) is 25.2 Å². The summed E-state index contributed by atoms with van der Waals surface area (Å²) in [6.07, 6.45) is 6.03. The topological polar surface area (TPSA) is 90.7 Å². The Morgan fingerprint density at radius 3 is 2.48 bits per heavy atom. The third kappa shape index (κ3) is 5.57. The number of carbonyl (C=O) groups is 1. The first-order valence-corrected chi connectivity index (χ1v) is 15.6. The highest BCUT2D eigenvalue weighted by Gasteiger charge is 2.47. The second kappa shape index (κ2) is 12.1. The van der Waals surface area contributed by atoms with Crippen LogP contribution in [-0.4, -0.2) is 63.9 Å². The lowest BCUT2D eigenvalue weighted by atomic mass is 9.91. The maximum atomic E-state index is 12.8. The SMILES string of the molecule is Cc1nnc(C2COC3OCCC32)n1C1CC2CCC(C1)N2CCC(NC(=O)OCc1ccccc1)c1ccccc1. The molecule has 7 rings (SSSR count). The van der Waals surface area contributed by atoms with Crippen LogP contribution in [0.15, 0.2) is 60.7 Å². The number of alkyl carbamates (subject to hydrolysis) is 1. The van der Waals surface area contributed by atoms with E-state index in [1.807, 2.05) is 48.5 Å². The highest BCUT2D eigenvalue weighted by Crippen LogP contribution is 2.45. The van der Waals surface area contributed by atoms with Crippen molar-refractivity contribution >= 4 is 6.09 Å². The summed E-state index contributed by atoms with van der Waals surface area (Å²) in [5, 5.41) is 12.4. The van der Waals surface area contributed by atoms with E-state index >= 15 is 0 Å². The molecule has 6 atom stereocenters. The number of aryl methyl sites for hydroxylation is 1. The molecule has 6 unspecified atom stereocenters. The first-order chi connectivity index (χ1) is 20.6. The normalized spacial score (nSPS) is 29.4. The molecule has 222 valence electrons.